The molecule has 0 unspecified atom stereocenters. The third-order valence-electron chi connectivity index (χ3n) is 8.95. The first-order valence-corrected chi connectivity index (χ1v) is 15.0. The minimum Gasteiger partial charge on any atom is -0.247 e. The molecule has 0 bridgehead atoms. The van der Waals surface area contributed by atoms with Crippen LogP contribution in [0.3, 0.4) is 0 Å². The maximum Gasteiger partial charge on any atom is 0.417 e. The molecule has 0 saturated heterocycles. The molecule has 0 aliphatic rings. The lowest BCUT2D eigenvalue weighted by Gasteiger charge is -2.19. The number of hydrogen-bond donors (Lipinski definition) is 0. The molecule has 8 rings (SSSR count). The van der Waals surface area contributed by atoms with Gasteiger partial charge in [0.1, 0.15) is 6.07 Å². The molecule has 2 heterocycles. The summed E-state index contributed by atoms with van der Waals surface area (Å²) in [5.41, 5.74) is 5.62. The normalized spacial score (nSPS) is 11.8. The van der Waals surface area contributed by atoms with Crippen LogP contribution in [-0.2, 0) is 6.18 Å². The van der Waals surface area contributed by atoms with Crippen LogP contribution in [0.5, 0.6) is 0 Å². The van der Waals surface area contributed by atoms with E-state index in [1.807, 2.05) is 97.9 Å². The molecule has 0 atom stereocenters. The van der Waals surface area contributed by atoms with Crippen molar-refractivity contribution in [3.05, 3.63) is 149 Å². The number of nitrogens with zero attached hydrogens (tertiary/aromatic N) is 4. The molecule has 7 heteroatoms. The van der Waals surface area contributed by atoms with Crippen molar-refractivity contribution in [2.24, 2.45) is 0 Å². The average Bonchev–Trinajstić information content (AvgIpc) is 3.60. The van der Waals surface area contributed by atoms with Crippen LogP contribution in [-0.4, -0.2) is 9.35 Å². The first-order chi connectivity index (χ1) is 22.8. The topological polar surface area (TPSA) is 38.0 Å². The zero-order valence-corrected chi connectivity index (χ0v) is 25.0. The van der Waals surface area contributed by atoms with Gasteiger partial charge in [-0.3, -0.25) is 0 Å². The first kappa shape index (κ1) is 28.2. The fraction of sp³-hybridized carbons (Fsp3) is 0.0500. The van der Waals surface area contributed by atoms with Gasteiger partial charge >= 0.3 is 6.18 Å². The third kappa shape index (κ3) is 4.07. The first-order valence-electron chi connectivity index (χ1n) is 15.0. The standard InChI is InChI=1S/C40H23F3N4/c1-24-11-7-15-28(37(24)45-2)32-19-9-18-31-27-13-4-6-22-36(27)47(39(31)32)46-35-21-5-3-12-26(35)30-17-8-16-29(38(30)46)25-14-10-20-34(33(25)23-44)40(41,42)43/h3-22H,1H3. The van der Waals surface area contributed by atoms with E-state index >= 15 is 0 Å². The van der Waals surface area contributed by atoms with E-state index in [1.165, 1.54) is 6.07 Å². The summed E-state index contributed by atoms with van der Waals surface area (Å²) >= 11 is 0. The summed E-state index contributed by atoms with van der Waals surface area (Å²) in [5.74, 6) is 0. The summed E-state index contributed by atoms with van der Waals surface area (Å²) in [6.45, 7) is 9.95. The number of alkyl halides is 3. The largest absolute Gasteiger partial charge is 0.417 e. The minimum absolute atomic E-state index is 0.201. The number of fused-ring (bicyclic) bond motifs is 6. The molecule has 6 aromatic carbocycles. The second kappa shape index (κ2) is 10.4. The van der Waals surface area contributed by atoms with Crippen LogP contribution in [0.1, 0.15) is 16.7 Å². The molecule has 2 aromatic heterocycles. The number of nitriles is 1. The number of benzene rings is 6. The molecule has 0 saturated carbocycles. The number of hydrogen-bond acceptors (Lipinski definition) is 1. The molecule has 4 nitrogen and oxygen atoms in total. The minimum atomic E-state index is -4.70. The lowest BCUT2D eigenvalue weighted by molar-refractivity contribution is -0.137. The Morgan fingerprint density at radius 3 is 1.62 bits per heavy atom. The summed E-state index contributed by atoms with van der Waals surface area (Å²) in [4.78, 5) is 3.91. The van der Waals surface area contributed by atoms with E-state index in [4.69, 9.17) is 6.57 Å². The molecule has 0 spiro atoms. The van der Waals surface area contributed by atoms with Gasteiger partial charge in [-0.2, -0.15) is 18.4 Å². The van der Waals surface area contributed by atoms with Crippen molar-refractivity contribution >= 4 is 49.3 Å². The molecule has 0 N–H and O–H groups in total. The number of aryl methyl sites for hydroxylation is 1. The molecule has 224 valence electrons. The van der Waals surface area contributed by atoms with Crippen molar-refractivity contribution in [3.8, 4) is 28.3 Å². The highest BCUT2D eigenvalue weighted by atomic mass is 19.4. The van der Waals surface area contributed by atoms with E-state index < -0.39 is 17.3 Å². The summed E-state index contributed by atoms with van der Waals surface area (Å²) in [6.07, 6.45) is -4.70. The predicted molar refractivity (Wildman–Crippen MR) is 181 cm³/mol. The highest BCUT2D eigenvalue weighted by Gasteiger charge is 2.35. The van der Waals surface area contributed by atoms with Crippen molar-refractivity contribution in [2.45, 2.75) is 13.1 Å². The monoisotopic (exact) mass is 616 g/mol. The van der Waals surface area contributed by atoms with E-state index in [1.54, 1.807) is 12.1 Å². The lowest BCUT2D eigenvalue weighted by atomic mass is 9.94. The van der Waals surface area contributed by atoms with E-state index in [-0.39, 0.29) is 5.56 Å². The van der Waals surface area contributed by atoms with Crippen molar-refractivity contribution in [1.82, 2.24) is 9.35 Å². The van der Waals surface area contributed by atoms with E-state index in [9.17, 15) is 18.4 Å². The average molecular weight is 617 g/mol. The van der Waals surface area contributed by atoms with Crippen LogP contribution >= 0.6 is 0 Å². The molecule has 0 aliphatic heterocycles. The van der Waals surface area contributed by atoms with Gasteiger partial charge < -0.3 is 0 Å². The van der Waals surface area contributed by atoms with Crippen LogP contribution in [0.15, 0.2) is 121 Å². The molecular weight excluding hydrogens is 593 g/mol. The van der Waals surface area contributed by atoms with Crippen molar-refractivity contribution in [1.29, 1.82) is 5.26 Å². The Morgan fingerprint density at radius 2 is 1.06 bits per heavy atom. The van der Waals surface area contributed by atoms with E-state index in [0.29, 0.717) is 16.8 Å². The Labute approximate surface area is 267 Å². The number of rotatable bonds is 3. The van der Waals surface area contributed by atoms with Gasteiger partial charge in [0.15, 0.2) is 5.69 Å². The summed E-state index contributed by atoms with van der Waals surface area (Å²) in [6, 6.07) is 39.1. The Balaban J connectivity index is 1.61. The van der Waals surface area contributed by atoms with Gasteiger partial charge in [-0.15, -0.1) is 0 Å². The van der Waals surface area contributed by atoms with Gasteiger partial charge in [0.05, 0.1) is 39.8 Å². The van der Waals surface area contributed by atoms with Gasteiger partial charge in [0.25, 0.3) is 0 Å². The van der Waals surface area contributed by atoms with E-state index in [2.05, 4.69) is 26.3 Å². The number of para-hydroxylation sites is 5. The molecule has 0 radical (unpaired) electrons. The fourth-order valence-electron chi connectivity index (χ4n) is 7.00. The van der Waals surface area contributed by atoms with Gasteiger partial charge in [0.2, 0.25) is 0 Å². The lowest BCUT2D eigenvalue weighted by Crippen LogP contribution is -2.11. The van der Waals surface area contributed by atoms with Crippen LogP contribution in [0.25, 0.3) is 70.7 Å². The Hall–Kier alpha value is -6.31. The van der Waals surface area contributed by atoms with Crippen molar-refractivity contribution in [3.63, 3.8) is 0 Å². The second-order valence-electron chi connectivity index (χ2n) is 11.5. The summed E-state index contributed by atoms with van der Waals surface area (Å²) in [5, 5.41) is 13.8. The Bertz CT molecular complexity index is 2660. The highest BCUT2D eigenvalue weighted by molar-refractivity contribution is 6.17. The summed E-state index contributed by atoms with van der Waals surface area (Å²) < 4.78 is 46.7. The zero-order chi connectivity index (χ0) is 32.4. The third-order valence-corrected chi connectivity index (χ3v) is 8.95. The molecular formula is C40H23F3N4. The van der Waals surface area contributed by atoms with Crippen LogP contribution in [0.2, 0.25) is 0 Å². The number of halogens is 3. The fourth-order valence-corrected chi connectivity index (χ4v) is 7.00. The van der Waals surface area contributed by atoms with Gasteiger partial charge in [-0.25, -0.2) is 14.2 Å². The van der Waals surface area contributed by atoms with Crippen LogP contribution < -0.4 is 0 Å². The summed E-state index contributed by atoms with van der Waals surface area (Å²) in [7, 11) is 0. The number of aromatic nitrogens is 2. The zero-order valence-electron chi connectivity index (χ0n) is 25.0. The van der Waals surface area contributed by atoms with Gasteiger partial charge in [-0.1, -0.05) is 103 Å². The van der Waals surface area contributed by atoms with Crippen LogP contribution in [0, 0.1) is 24.8 Å². The predicted octanol–water partition coefficient (Wildman–Crippen LogP) is 11.3. The SMILES string of the molecule is [C-]#[N+]c1c(C)cccc1-c1cccc2c3ccccc3n(-n3c4ccccc4c4cccc(-c5cccc(C(F)(F)F)c5C#N)c43)c12. The molecule has 47 heavy (non-hydrogen) atoms. The van der Waals surface area contributed by atoms with E-state index in [0.717, 1.165) is 60.9 Å². The molecule has 0 fully saturated rings. The highest BCUT2D eigenvalue weighted by Crippen LogP contribution is 2.45. The van der Waals surface area contributed by atoms with Crippen LogP contribution in [0.4, 0.5) is 18.9 Å². The van der Waals surface area contributed by atoms with Crippen molar-refractivity contribution in [2.75, 3.05) is 0 Å². The second-order valence-corrected chi connectivity index (χ2v) is 11.5. The Kier molecular flexibility index (Phi) is 6.22. The molecule has 0 amide bonds. The van der Waals surface area contributed by atoms with Gasteiger partial charge in [-0.05, 0) is 41.8 Å². The van der Waals surface area contributed by atoms with Crippen molar-refractivity contribution < 1.29 is 13.2 Å². The molecule has 0 aliphatic carbocycles. The maximum absolute atomic E-state index is 14.2. The molecule has 8 aromatic rings. The Morgan fingerprint density at radius 1 is 0.596 bits per heavy atom. The smallest absolute Gasteiger partial charge is 0.247 e. The van der Waals surface area contributed by atoms with Gasteiger partial charge in [0, 0.05) is 32.7 Å². The maximum atomic E-state index is 14.2. The quantitative estimate of drug-likeness (QED) is 0.182.